The molecule has 0 saturated heterocycles. The first kappa shape index (κ1) is 19.9. The summed E-state index contributed by atoms with van der Waals surface area (Å²) in [4.78, 5) is 0. The van der Waals surface area contributed by atoms with Gasteiger partial charge in [0.25, 0.3) is 0 Å². The Balaban J connectivity index is -0.00000000500. The first-order valence-corrected chi connectivity index (χ1v) is 0.316. The van der Waals surface area contributed by atoms with Crippen molar-refractivity contribution in [2.24, 2.45) is 0 Å². The molecular formula is CH3ClMgO. The van der Waals surface area contributed by atoms with Crippen LogP contribution < -0.4 is 12.4 Å². The quantitative estimate of drug-likeness (QED) is 0.245. The SMILES string of the molecule is [CH2-]O.[Cl-].[Mg+2]. The summed E-state index contributed by atoms with van der Waals surface area (Å²) in [5.74, 6) is 0. The van der Waals surface area contributed by atoms with Crippen LogP contribution in [0, 0.1) is 7.11 Å². The first-order valence-electron chi connectivity index (χ1n) is 0.316. The minimum absolute atomic E-state index is 0. The minimum atomic E-state index is 0. The van der Waals surface area contributed by atoms with Gasteiger partial charge >= 0.3 is 23.1 Å². The third-order valence-electron chi connectivity index (χ3n) is 0. The van der Waals surface area contributed by atoms with E-state index in [-0.39, 0.29) is 35.5 Å². The van der Waals surface area contributed by atoms with Crippen LogP contribution in [0.4, 0.5) is 0 Å². The van der Waals surface area contributed by atoms with Crippen molar-refractivity contribution in [3.8, 4) is 0 Å². The van der Waals surface area contributed by atoms with E-state index in [0.717, 1.165) is 0 Å². The van der Waals surface area contributed by atoms with Gasteiger partial charge in [0, 0.05) is 0 Å². The van der Waals surface area contributed by atoms with E-state index in [4.69, 9.17) is 5.11 Å². The fraction of sp³-hybridized carbons (Fsp3) is 0. The van der Waals surface area contributed by atoms with Crippen LogP contribution in [0.2, 0.25) is 0 Å². The summed E-state index contributed by atoms with van der Waals surface area (Å²) in [6.07, 6.45) is 0. The molecular weight excluding hydrogens is 87.8 g/mol. The van der Waals surface area contributed by atoms with Crippen molar-refractivity contribution in [3.63, 3.8) is 0 Å². The van der Waals surface area contributed by atoms with E-state index in [0.29, 0.717) is 0 Å². The molecule has 0 saturated carbocycles. The molecule has 0 aromatic carbocycles. The van der Waals surface area contributed by atoms with Crippen molar-refractivity contribution in [3.05, 3.63) is 7.11 Å². The Morgan fingerprint density at radius 1 is 1.25 bits per heavy atom. The van der Waals surface area contributed by atoms with Gasteiger partial charge in [-0.15, -0.1) is 0 Å². The zero-order valence-electron chi connectivity index (χ0n) is 2.24. The van der Waals surface area contributed by atoms with Crippen LogP contribution in [-0.2, 0) is 0 Å². The summed E-state index contributed by atoms with van der Waals surface area (Å²) in [6, 6.07) is 0. The van der Waals surface area contributed by atoms with Crippen molar-refractivity contribution >= 4 is 23.1 Å². The molecule has 0 atom stereocenters. The third kappa shape index (κ3) is 11.9. The van der Waals surface area contributed by atoms with Crippen molar-refractivity contribution in [1.82, 2.24) is 0 Å². The molecule has 0 radical (unpaired) electrons. The summed E-state index contributed by atoms with van der Waals surface area (Å²) in [6.45, 7) is 0. The van der Waals surface area contributed by atoms with E-state index in [1.54, 1.807) is 0 Å². The standard InChI is InChI=1S/CH3O.ClH.Mg/c1-2;;/h2H,1H2;1H;/q-1;;+2/p-1. The number of aliphatic hydroxyl groups excluding tert-OH is 1. The average Bonchev–Trinajstić information content (AvgIpc) is 1.00. The van der Waals surface area contributed by atoms with Gasteiger partial charge in [-0.2, -0.15) is 0 Å². The maximum atomic E-state index is 6.75. The summed E-state index contributed by atoms with van der Waals surface area (Å²) in [5.41, 5.74) is 0. The Kier molecular flexibility index (Phi) is 176. The molecule has 22 valence electrons. The molecule has 1 N–H and O–H groups in total. The Hall–Kier alpha value is 1.02. The largest absolute Gasteiger partial charge is 2.00 e. The van der Waals surface area contributed by atoms with Gasteiger partial charge in [0.05, 0.1) is 0 Å². The average molecular weight is 90.8 g/mol. The molecule has 1 nitrogen and oxygen atoms in total. The van der Waals surface area contributed by atoms with Crippen molar-refractivity contribution in [1.29, 1.82) is 0 Å². The fourth-order valence-corrected chi connectivity index (χ4v) is 0. The van der Waals surface area contributed by atoms with Crippen LogP contribution in [0.5, 0.6) is 0 Å². The fourth-order valence-electron chi connectivity index (χ4n) is 0. The van der Waals surface area contributed by atoms with Crippen LogP contribution in [0.1, 0.15) is 0 Å². The molecule has 0 unspecified atom stereocenters. The number of hydrogen-bond donors (Lipinski definition) is 1. The first-order chi connectivity index (χ1) is 1.00. The molecule has 0 heterocycles. The Morgan fingerprint density at radius 2 is 1.25 bits per heavy atom. The van der Waals surface area contributed by atoms with Gasteiger partial charge in [-0.05, 0) is 0 Å². The smallest absolute Gasteiger partial charge is 1.00 e. The maximum absolute atomic E-state index is 6.75. The van der Waals surface area contributed by atoms with Gasteiger partial charge < -0.3 is 17.5 Å². The van der Waals surface area contributed by atoms with Gasteiger partial charge in [-0.3, -0.25) is 0 Å². The second-order valence-corrected chi connectivity index (χ2v) is 0. The molecule has 0 aliphatic carbocycles. The van der Waals surface area contributed by atoms with E-state index >= 15 is 0 Å². The second-order valence-electron chi connectivity index (χ2n) is 0. The molecule has 0 aromatic heterocycles. The Morgan fingerprint density at radius 3 is 1.25 bits per heavy atom. The van der Waals surface area contributed by atoms with Gasteiger partial charge in [-0.1, -0.05) is 0 Å². The number of rotatable bonds is 0. The molecule has 0 spiro atoms. The van der Waals surface area contributed by atoms with Crippen LogP contribution in [0.25, 0.3) is 0 Å². The number of aliphatic hydroxyl groups is 1. The molecule has 0 aliphatic rings. The van der Waals surface area contributed by atoms with Crippen LogP contribution >= 0.6 is 0 Å². The van der Waals surface area contributed by atoms with Crippen molar-refractivity contribution in [2.75, 3.05) is 0 Å². The Labute approximate surface area is 48.0 Å². The summed E-state index contributed by atoms with van der Waals surface area (Å²) in [7, 11) is 2.25. The molecule has 0 aliphatic heterocycles. The van der Waals surface area contributed by atoms with E-state index < -0.39 is 0 Å². The molecule has 0 aromatic rings. The summed E-state index contributed by atoms with van der Waals surface area (Å²) < 4.78 is 0. The van der Waals surface area contributed by atoms with Gasteiger partial charge in [0.15, 0.2) is 0 Å². The predicted molar refractivity (Wildman–Crippen MR) is 13.0 cm³/mol. The summed E-state index contributed by atoms with van der Waals surface area (Å²) >= 11 is 0. The van der Waals surface area contributed by atoms with Gasteiger partial charge in [0.1, 0.15) is 0 Å². The second kappa shape index (κ2) is 35.4. The predicted octanol–water partition coefficient (Wildman–Crippen LogP) is -3.23. The number of halogens is 1. The number of hydrogen-bond acceptors (Lipinski definition) is 1. The van der Waals surface area contributed by atoms with Crippen LogP contribution in [0.3, 0.4) is 0 Å². The van der Waals surface area contributed by atoms with E-state index in [1.807, 2.05) is 0 Å². The molecule has 4 heavy (non-hydrogen) atoms. The van der Waals surface area contributed by atoms with E-state index in [1.165, 1.54) is 0 Å². The Bertz CT molecular complexity index is 8.00. The topological polar surface area (TPSA) is 20.2 Å². The van der Waals surface area contributed by atoms with E-state index in [9.17, 15) is 0 Å². The van der Waals surface area contributed by atoms with Crippen LogP contribution in [0.15, 0.2) is 0 Å². The summed E-state index contributed by atoms with van der Waals surface area (Å²) in [5, 5.41) is 6.75. The zero-order valence-corrected chi connectivity index (χ0v) is 4.41. The maximum Gasteiger partial charge on any atom is 2.00 e. The monoisotopic (exact) mass is 90.0 g/mol. The van der Waals surface area contributed by atoms with Crippen molar-refractivity contribution < 1.29 is 17.5 Å². The molecule has 0 amide bonds. The molecule has 0 fully saturated rings. The van der Waals surface area contributed by atoms with Gasteiger partial charge in [-0.25, -0.2) is 7.11 Å². The van der Waals surface area contributed by atoms with Crippen LogP contribution in [-0.4, -0.2) is 28.2 Å². The molecule has 0 bridgehead atoms. The molecule has 3 heteroatoms. The normalized spacial score (nSPS) is 1.50. The third-order valence-corrected chi connectivity index (χ3v) is 0. The van der Waals surface area contributed by atoms with Crippen molar-refractivity contribution in [2.45, 2.75) is 0 Å². The van der Waals surface area contributed by atoms with Gasteiger partial charge in [0.2, 0.25) is 0 Å². The molecule has 0 rings (SSSR count). The zero-order chi connectivity index (χ0) is 2.00. The van der Waals surface area contributed by atoms with E-state index in [2.05, 4.69) is 7.11 Å². The minimum Gasteiger partial charge on any atom is -1.00 e.